The van der Waals surface area contributed by atoms with E-state index in [0.717, 1.165) is 0 Å². The largest absolute Gasteiger partial charge is 0.351 e. The molecule has 0 aliphatic heterocycles. The van der Waals surface area contributed by atoms with Crippen LogP contribution in [0.25, 0.3) is 0 Å². The molecular weight excluding hydrogens is 185 g/mol. The van der Waals surface area contributed by atoms with Crippen LogP contribution in [0.3, 0.4) is 0 Å². The van der Waals surface area contributed by atoms with Crippen molar-refractivity contribution in [3.63, 3.8) is 0 Å². The van der Waals surface area contributed by atoms with Gasteiger partial charge in [0, 0.05) is 6.54 Å². The summed E-state index contributed by atoms with van der Waals surface area (Å²) in [4.78, 5) is 10.7. The summed E-state index contributed by atoms with van der Waals surface area (Å²) in [6, 6.07) is -0.733. The number of nitrogens with one attached hydrogen (secondary N) is 1. The molecule has 0 rings (SSSR count). The first-order valence-electron chi connectivity index (χ1n) is 3.62. The molecule has 0 bridgehead atoms. The maximum absolute atomic E-state index is 12.1. The molecule has 0 aromatic heterocycles. The topological polar surface area (TPSA) is 55.1 Å². The lowest BCUT2D eigenvalue weighted by Gasteiger charge is -2.04. The van der Waals surface area contributed by atoms with E-state index in [-0.39, 0.29) is 6.54 Å². The van der Waals surface area contributed by atoms with Crippen molar-refractivity contribution < 1.29 is 18.0 Å². The Labute approximate surface area is 73.8 Å². The number of nitrogens with two attached hydrogens (primary N) is 1. The zero-order valence-corrected chi connectivity index (χ0v) is 7.06. The van der Waals surface area contributed by atoms with Crippen LogP contribution >= 0.6 is 0 Å². The van der Waals surface area contributed by atoms with Crippen LogP contribution in [0.2, 0.25) is 0 Å². The Balaban J connectivity index is 3.79. The minimum atomic E-state index is -3.13. The Morgan fingerprint density at radius 1 is 1.62 bits per heavy atom. The van der Waals surface area contributed by atoms with E-state index in [1.807, 2.05) is 0 Å². The fourth-order valence-corrected chi connectivity index (χ4v) is 0.499. The van der Waals surface area contributed by atoms with Crippen molar-refractivity contribution in [2.75, 3.05) is 6.54 Å². The second-order valence-electron chi connectivity index (χ2n) is 2.42. The summed E-state index contributed by atoms with van der Waals surface area (Å²) in [5.74, 6) is -2.07. The van der Waals surface area contributed by atoms with Crippen molar-refractivity contribution in [1.29, 1.82) is 0 Å². The molecule has 0 aliphatic rings. The molecule has 1 atom stereocenters. The van der Waals surface area contributed by atoms with Crippen LogP contribution in [0.15, 0.2) is 11.9 Å². The highest BCUT2D eigenvalue weighted by atomic mass is 19.3. The van der Waals surface area contributed by atoms with Crippen molar-refractivity contribution in [2.45, 2.75) is 19.4 Å². The Bertz CT molecular complexity index is 204. The van der Waals surface area contributed by atoms with Crippen molar-refractivity contribution >= 4 is 5.91 Å². The van der Waals surface area contributed by atoms with Crippen LogP contribution in [-0.4, -0.2) is 24.9 Å². The van der Waals surface area contributed by atoms with E-state index in [0.29, 0.717) is 6.08 Å². The lowest BCUT2D eigenvalue weighted by Crippen LogP contribution is -2.38. The van der Waals surface area contributed by atoms with Gasteiger partial charge < -0.3 is 11.1 Å². The number of carbonyl (C=O) groups is 1. The summed E-state index contributed by atoms with van der Waals surface area (Å²) in [6.07, 6.45) is -2.53. The predicted molar refractivity (Wildman–Crippen MR) is 41.9 cm³/mol. The lowest BCUT2D eigenvalue weighted by atomic mass is 10.3. The number of rotatable bonds is 4. The molecule has 1 amide bonds. The maximum Gasteiger partial charge on any atom is 0.289 e. The molecule has 0 saturated heterocycles. The predicted octanol–water partition coefficient (Wildman–Crippen LogP) is 0.568. The first kappa shape index (κ1) is 12.0. The molecule has 0 aliphatic carbocycles. The average molecular weight is 196 g/mol. The summed E-state index contributed by atoms with van der Waals surface area (Å²) < 4.78 is 35.2. The number of alkyl halides is 2. The fraction of sp³-hybridized carbons (Fsp3) is 0.571. The van der Waals surface area contributed by atoms with E-state index in [4.69, 9.17) is 5.73 Å². The third kappa shape index (κ3) is 5.24. The van der Waals surface area contributed by atoms with Gasteiger partial charge in [-0.05, 0) is 13.0 Å². The molecule has 76 valence electrons. The van der Waals surface area contributed by atoms with Gasteiger partial charge in [0.05, 0.1) is 6.04 Å². The molecule has 3 nitrogen and oxygen atoms in total. The number of hydrogen-bond acceptors (Lipinski definition) is 2. The number of hydrogen-bond donors (Lipinski definition) is 2. The monoisotopic (exact) mass is 196 g/mol. The fourth-order valence-electron chi connectivity index (χ4n) is 0.499. The van der Waals surface area contributed by atoms with Crippen LogP contribution < -0.4 is 11.1 Å². The van der Waals surface area contributed by atoms with E-state index in [1.165, 1.54) is 6.92 Å². The highest BCUT2D eigenvalue weighted by Gasteiger charge is 2.09. The van der Waals surface area contributed by atoms with E-state index < -0.39 is 24.2 Å². The number of carbonyl (C=O) groups excluding carboxylic acids is 1. The van der Waals surface area contributed by atoms with E-state index in [9.17, 15) is 18.0 Å². The number of amides is 1. The second kappa shape index (κ2) is 5.58. The molecule has 3 N–H and O–H groups in total. The molecule has 6 heteroatoms. The van der Waals surface area contributed by atoms with Crippen molar-refractivity contribution in [3.8, 4) is 0 Å². The molecule has 0 aromatic carbocycles. The molecule has 0 aromatic rings. The first-order chi connectivity index (χ1) is 5.95. The number of halogens is 3. The van der Waals surface area contributed by atoms with Gasteiger partial charge in [0.25, 0.3) is 6.43 Å². The van der Waals surface area contributed by atoms with E-state index in [2.05, 4.69) is 5.32 Å². The lowest BCUT2D eigenvalue weighted by molar-refractivity contribution is -0.121. The maximum atomic E-state index is 12.1. The highest BCUT2D eigenvalue weighted by molar-refractivity contribution is 5.81. The summed E-state index contributed by atoms with van der Waals surface area (Å²) >= 11 is 0. The quantitative estimate of drug-likeness (QED) is 0.690. The van der Waals surface area contributed by atoms with Gasteiger partial charge in [-0.2, -0.15) is 0 Å². The van der Waals surface area contributed by atoms with Gasteiger partial charge in [0.1, 0.15) is 0 Å². The van der Waals surface area contributed by atoms with Gasteiger partial charge in [-0.1, -0.05) is 0 Å². The van der Waals surface area contributed by atoms with Gasteiger partial charge in [-0.3, -0.25) is 4.79 Å². The van der Waals surface area contributed by atoms with Crippen molar-refractivity contribution in [2.24, 2.45) is 5.73 Å². The second-order valence-corrected chi connectivity index (χ2v) is 2.42. The molecule has 1 unspecified atom stereocenters. The summed E-state index contributed by atoms with van der Waals surface area (Å²) in [5, 5.41) is 2.15. The zero-order chi connectivity index (χ0) is 10.4. The highest BCUT2D eigenvalue weighted by Crippen LogP contribution is 2.07. The molecular formula is C7H11F3N2O. The van der Waals surface area contributed by atoms with Crippen LogP contribution in [-0.2, 0) is 4.79 Å². The van der Waals surface area contributed by atoms with Crippen molar-refractivity contribution in [1.82, 2.24) is 5.32 Å². The molecule has 0 radical (unpaired) electrons. The summed E-state index contributed by atoms with van der Waals surface area (Å²) in [7, 11) is 0. The van der Waals surface area contributed by atoms with Gasteiger partial charge >= 0.3 is 0 Å². The van der Waals surface area contributed by atoms with E-state index in [1.54, 1.807) is 0 Å². The minimum Gasteiger partial charge on any atom is -0.351 e. The standard InChI is InChI=1S/C7H11F3N2O/c1-4(11)7(13)12-3-2-5(8)6(9)10/h2,4,6H,3,11H2,1H3,(H,12,13). The van der Waals surface area contributed by atoms with E-state index >= 15 is 0 Å². The zero-order valence-electron chi connectivity index (χ0n) is 7.06. The van der Waals surface area contributed by atoms with Crippen LogP contribution in [0.1, 0.15) is 6.92 Å². The molecule has 0 saturated carbocycles. The Hall–Kier alpha value is -1.04. The van der Waals surface area contributed by atoms with Gasteiger partial charge in [-0.15, -0.1) is 0 Å². The molecule has 0 fully saturated rings. The third-order valence-electron chi connectivity index (χ3n) is 1.20. The van der Waals surface area contributed by atoms with Gasteiger partial charge in [-0.25, -0.2) is 13.2 Å². The smallest absolute Gasteiger partial charge is 0.289 e. The van der Waals surface area contributed by atoms with Crippen LogP contribution in [0, 0.1) is 0 Å². The van der Waals surface area contributed by atoms with Crippen LogP contribution in [0.4, 0.5) is 13.2 Å². The third-order valence-corrected chi connectivity index (χ3v) is 1.20. The molecule has 0 spiro atoms. The van der Waals surface area contributed by atoms with Gasteiger partial charge in [0.15, 0.2) is 5.83 Å². The SMILES string of the molecule is CC(N)C(=O)NCC=C(F)C(F)F. The minimum absolute atomic E-state index is 0.281. The average Bonchev–Trinajstić information content (AvgIpc) is 2.03. The van der Waals surface area contributed by atoms with Gasteiger partial charge in [0.2, 0.25) is 5.91 Å². The Morgan fingerprint density at radius 2 is 2.15 bits per heavy atom. The summed E-state index contributed by atoms with van der Waals surface area (Å²) in [5.41, 5.74) is 5.14. The Morgan fingerprint density at radius 3 is 2.54 bits per heavy atom. The summed E-state index contributed by atoms with van der Waals surface area (Å²) in [6.45, 7) is 1.15. The van der Waals surface area contributed by atoms with Crippen molar-refractivity contribution in [3.05, 3.63) is 11.9 Å². The first-order valence-corrected chi connectivity index (χ1v) is 3.62. The van der Waals surface area contributed by atoms with Crippen LogP contribution in [0.5, 0.6) is 0 Å². The Kier molecular flexibility index (Phi) is 5.13. The molecule has 13 heavy (non-hydrogen) atoms. The molecule has 0 heterocycles. The number of allylic oxidation sites excluding steroid dienone is 1. The normalized spacial score (nSPS) is 14.5.